The van der Waals surface area contributed by atoms with Gasteiger partial charge in [-0.3, -0.25) is 4.79 Å². The second kappa shape index (κ2) is 5.09. The zero-order valence-electron chi connectivity index (χ0n) is 11.3. The van der Waals surface area contributed by atoms with Crippen LogP contribution in [0.25, 0.3) is 0 Å². The van der Waals surface area contributed by atoms with E-state index >= 15 is 0 Å². The number of phenols is 1. The topological polar surface area (TPSA) is 91.7 Å². The van der Waals surface area contributed by atoms with Crippen LogP contribution in [0.15, 0.2) is 23.1 Å². The molecule has 0 aliphatic heterocycles. The molecule has 1 fully saturated rings. The van der Waals surface area contributed by atoms with Gasteiger partial charge in [-0.25, -0.2) is 8.42 Å². The van der Waals surface area contributed by atoms with Gasteiger partial charge in [0.15, 0.2) is 9.84 Å². The molecule has 0 spiro atoms. The molecule has 0 bridgehead atoms. The van der Waals surface area contributed by atoms with Crippen molar-refractivity contribution in [2.45, 2.75) is 42.4 Å². The number of phenolic OH excluding ortho intramolecular Hbond substituents is 1. The molecule has 2 rings (SSSR count). The molecular weight excluding hydrogens is 280 g/mol. The van der Waals surface area contributed by atoms with Crippen molar-refractivity contribution in [1.29, 1.82) is 0 Å². The van der Waals surface area contributed by atoms with Gasteiger partial charge in [-0.05, 0) is 31.0 Å². The average molecular weight is 298 g/mol. The minimum atomic E-state index is -3.44. The van der Waals surface area contributed by atoms with Gasteiger partial charge in [0, 0.05) is 11.8 Å². The molecule has 0 radical (unpaired) electrons. The molecular formula is C14H18O5S. The molecule has 0 amide bonds. The van der Waals surface area contributed by atoms with Crippen LogP contribution in [-0.2, 0) is 20.0 Å². The van der Waals surface area contributed by atoms with Crippen molar-refractivity contribution in [1.82, 2.24) is 0 Å². The van der Waals surface area contributed by atoms with Gasteiger partial charge in [0.1, 0.15) is 5.75 Å². The number of aromatic hydroxyl groups is 1. The van der Waals surface area contributed by atoms with Gasteiger partial charge in [-0.2, -0.15) is 0 Å². The number of hydrogen-bond acceptors (Lipinski definition) is 4. The Bertz CT molecular complexity index is 627. The highest BCUT2D eigenvalue weighted by molar-refractivity contribution is 7.90. The Morgan fingerprint density at radius 3 is 2.30 bits per heavy atom. The fourth-order valence-electron chi connectivity index (χ4n) is 2.88. The van der Waals surface area contributed by atoms with E-state index in [0.29, 0.717) is 12.8 Å². The van der Waals surface area contributed by atoms with Gasteiger partial charge in [0.05, 0.1) is 10.3 Å². The maximum absolute atomic E-state index is 11.7. The Morgan fingerprint density at radius 1 is 1.20 bits per heavy atom. The van der Waals surface area contributed by atoms with Gasteiger partial charge < -0.3 is 10.2 Å². The van der Waals surface area contributed by atoms with Crippen molar-refractivity contribution in [3.8, 4) is 5.75 Å². The second-order valence-corrected chi connectivity index (χ2v) is 7.41. The lowest BCUT2D eigenvalue weighted by Crippen LogP contribution is -2.38. The molecule has 0 aromatic heterocycles. The molecule has 0 saturated heterocycles. The molecule has 5 nitrogen and oxygen atoms in total. The van der Waals surface area contributed by atoms with Crippen LogP contribution in [0.3, 0.4) is 0 Å². The van der Waals surface area contributed by atoms with Gasteiger partial charge >= 0.3 is 5.97 Å². The molecule has 1 saturated carbocycles. The number of rotatable bonds is 3. The van der Waals surface area contributed by atoms with Gasteiger partial charge in [-0.1, -0.05) is 19.3 Å². The molecule has 2 N–H and O–H groups in total. The monoisotopic (exact) mass is 298 g/mol. The van der Waals surface area contributed by atoms with Crippen LogP contribution in [-0.4, -0.2) is 30.9 Å². The molecule has 110 valence electrons. The van der Waals surface area contributed by atoms with E-state index in [-0.39, 0.29) is 16.2 Å². The smallest absolute Gasteiger partial charge is 0.314 e. The van der Waals surface area contributed by atoms with Crippen LogP contribution >= 0.6 is 0 Å². The Balaban J connectivity index is 2.62. The third kappa shape index (κ3) is 2.52. The van der Waals surface area contributed by atoms with Crippen molar-refractivity contribution in [2.75, 3.05) is 6.26 Å². The number of sulfone groups is 1. The fraction of sp³-hybridized carbons (Fsp3) is 0.500. The number of carboxylic acid groups (broad SMARTS) is 1. The number of aliphatic carboxylic acids is 1. The first-order valence-electron chi connectivity index (χ1n) is 6.54. The summed E-state index contributed by atoms with van der Waals surface area (Å²) in [6.07, 6.45) is 4.38. The molecule has 0 unspecified atom stereocenters. The third-order valence-electron chi connectivity index (χ3n) is 4.03. The molecule has 0 atom stereocenters. The molecule has 6 heteroatoms. The van der Waals surface area contributed by atoms with Crippen molar-refractivity contribution in [2.24, 2.45) is 0 Å². The predicted molar refractivity (Wildman–Crippen MR) is 73.6 cm³/mol. The fourth-order valence-corrected chi connectivity index (χ4v) is 3.53. The van der Waals surface area contributed by atoms with E-state index in [2.05, 4.69) is 0 Å². The highest BCUT2D eigenvalue weighted by Gasteiger charge is 2.43. The zero-order chi connectivity index (χ0) is 15.0. The minimum absolute atomic E-state index is 0.0384. The first-order chi connectivity index (χ1) is 9.27. The molecule has 1 aliphatic rings. The summed E-state index contributed by atoms with van der Waals surface area (Å²) in [6.45, 7) is 0. The van der Waals surface area contributed by atoms with Gasteiger partial charge in [-0.15, -0.1) is 0 Å². The van der Waals surface area contributed by atoms with E-state index in [0.717, 1.165) is 25.5 Å². The quantitative estimate of drug-likeness (QED) is 0.891. The summed E-state index contributed by atoms with van der Waals surface area (Å²) in [5.74, 6) is -1.15. The molecule has 1 aromatic carbocycles. The Labute approximate surface area is 118 Å². The first-order valence-corrected chi connectivity index (χ1v) is 8.43. The normalized spacial score (nSPS) is 18.6. The summed E-state index contributed by atoms with van der Waals surface area (Å²) < 4.78 is 23.2. The predicted octanol–water partition coefficient (Wildman–Crippen LogP) is 2.08. The maximum Gasteiger partial charge on any atom is 0.314 e. The Morgan fingerprint density at radius 2 is 1.80 bits per heavy atom. The van der Waals surface area contributed by atoms with Crippen LogP contribution < -0.4 is 0 Å². The number of carboxylic acids is 1. The SMILES string of the molecule is CS(=O)(=O)c1ccc(O)c(C2(C(=O)O)CCCCC2)c1. The standard InChI is InChI=1S/C14H18O5S/c1-20(18,19)10-5-6-12(15)11(9-10)14(13(16)17)7-3-2-4-8-14/h5-6,9,15H,2-4,7-8H2,1H3,(H,16,17). The highest BCUT2D eigenvalue weighted by atomic mass is 32.2. The van der Waals surface area contributed by atoms with Crippen LogP contribution in [0.2, 0.25) is 0 Å². The Kier molecular flexibility index (Phi) is 3.77. The van der Waals surface area contributed by atoms with E-state index in [1.54, 1.807) is 0 Å². The molecule has 0 heterocycles. The molecule has 1 aromatic rings. The maximum atomic E-state index is 11.7. The summed E-state index contributed by atoms with van der Waals surface area (Å²) in [7, 11) is -3.44. The summed E-state index contributed by atoms with van der Waals surface area (Å²) in [6, 6.07) is 3.88. The van der Waals surface area contributed by atoms with Gasteiger partial charge in [0.2, 0.25) is 0 Å². The van der Waals surface area contributed by atoms with Crippen molar-refractivity contribution >= 4 is 15.8 Å². The second-order valence-electron chi connectivity index (χ2n) is 5.40. The minimum Gasteiger partial charge on any atom is -0.508 e. The van der Waals surface area contributed by atoms with Crippen LogP contribution in [0.1, 0.15) is 37.7 Å². The van der Waals surface area contributed by atoms with E-state index in [1.165, 1.54) is 18.2 Å². The number of benzene rings is 1. The van der Waals surface area contributed by atoms with E-state index in [1.807, 2.05) is 0 Å². The average Bonchev–Trinajstić information content (AvgIpc) is 2.38. The number of carbonyl (C=O) groups is 1. The van der Waals surface area contributed by atoms with Crippen molar-refractivity contribution in [3.05, 3.63) is 23.8 Å². The third-order valence-corrected chi connectivity index (χ3v) is 5.14. The largest absolute Gasteiger partial charge is 0.508 e. The lowest BCUT2D eigenvalue weighted by molar-refractivity contribution is -0.145. The van der Waals surface area contributed by atoms with E-state index in [4.69, 9.17) is 0 Å². The van der Waals surface area contributed by atoms with Crippen LogP contribution in [0.5, 0.6) is 5.75 Å². The van der Waals surface area contributed by atoms with Crippen LogP contribution in [0.4, 0.5) is 0 Å². The Hall–Kier alpha value is -1.56. The summed E-state index contributed by atoms with van der Waals surface area (Å²) in [4.78, 5) is 11.8. The summed E-state index contributed by atoms with van der Waals surface area (Å²) in [5, 5.41) is 19.6. The van der Waals surface area contributed by atoms with Crippen LogP contribution in [0, 0.1) is 0 Å². The van der Waals surface area contributed by atoms with E-state index < -0.39 is 21.2 Å². The molecule has 20 heavy (non-hydrogen) atoms. The number of hydrogen-bond donors (Lipinski definition) is 2. The highest BCUT2D eigenvalue weighted by Crippen LogP contribution is 2.44. The van der Waals surface area contributed by atoms with Gasteiger partial charge in [0.25, 0.3) is 0 Å². The van der Waals surface area contributed by atoms with Crippen molar-refractivity contribution < 1.29 is 23.4 Å². The summed E-state index contributed by atoms with van der Waals surface area (Å²) in [5.41, 5.74) is -0.962. The zero-order valence-corrected chi connectivity index (χ0v) is 12.1. The first kappa shape index (κ1) is 14.8. The molecule has 1 aliphatic carbocycles. The van der Waals surface area contributed by atoms with Crippen molar-refractivity contribution in [3.63, 3.8) is 0 Å². The summed E-state index contributed by atoms with van der Waals surface area (Å²) >= 11 is 0. The lowest BCUT2D eigenvalue weighted by atomic mass is 9.69. The lowest BCUT2D eigenvalue weighted by Gasteiger charge is -2.34. The van der Waals surface area contributed by atoms with E-state index in [9.17, 15) is 23.4 Å².